The molecule has 37 heavy (non-hydrogen) atoms. The molecule has 0 aliphatic carbocycles. The van der Waals surface area contributed by atoms with Crippen molar-refractivity contribution < 1.29 is 24.2 Å². The summed E-state index contributed by atoms with van der Waals surface area (Å²) in [5.41, 5.74) is -0.820. The molecule has 9 heteroatoms. The number of amides is 3. The van der Waals surface area contributed by atoms with E-state index in [0.717, 1.165) is 0 Å². The standard InChI is InChI=1S/C28H32ClN3O5/c1-17-16-28-22(21(27(17,2)37-28)24(34)30-19-8-4-3-5-9-19)26(36)32(14-6-7-15-33)23(28)25(35)31-20-12-10-18(29)11-13-20/h3-5,8-13,17,21-23,33H,6-7,14-16H2,1-2H3,(H,30,34)(H,31,35)/t17?,21-,22-,23?,27+,28?/m0/s1. The van der Waals surface area contributed by atoms with Crippen molar-refractivity contribution in [1.82, 2.24) is 4.90 Å². The van der Waals surface area contributed by atoms with Gasteiger partial charge in [-0.15, -0.1) is 0 Å². The van der Waals surface area contributed by atoms with Crippen LogP contribution in [0.1, 0.15) is 33.1 Å². The van der Waals surface area contributed by atoms with Crippen LogP contribution in [-0.2, 0) is 19.1 Å². The van der Waals surface area contributed by atoms with Gasteiger partial charge in [0.15, 0.2) is 0 Å². The van der Waals surface area contributed by atoms with Crippen LogP contribution in [0.4, 0.5) is 11.4 Å². The lowest BCUT2D eigenvalue weighted by atomic mass is 9.62. The third-order valence-electron chi connectivity index (χ3n) is 8.31. The van der Waals surface area contributed by atoms with Crippen LogP contribution >= 0.6 is 11.6 Å². The average Bonchev–Trinajstić information content (AvgIpc) is 3.38. The fraction of sp³-hybridized carbons (Fsp3) is 0.464. The molecule has 3 fully saturated rings. The maximum Gasteiger partial charge on any atom is 0.250 e. The first kappa shape index (κ1) is 25.7. The summed E-state index contributed by atoms with van der Waals surface area (Å²) in [5.74, 6) is -2.48. The molecule has 3 saturated heterocycles. The molecule has 6 atom stereocenters. The van der Waals surface area contributed by atoms with Gasteiger partial charge in [-0.1, -0.05) is 36.7 Å². The molecule has 0 radical (unpaired) electrons. The second-order valence-corrected chi connectivity index (χ2v) is 11.0. The minimum atomic E-state index is -1.13. The highest BCUT2D eigenvalue weighted by Gasteiger charge is 2.79. The number of fused-ring (bicyclic) bond motifs is 1. The molecule has 3 aliphatic rings. The van der Waals surface area contributed by atoms with E-state index in [1.807, 2.05) is 32.0 Å². The van der Waals surface area contributed by atoms with Crippen molar-refractivity contribution in [2.45, 2.75) is 50.4 Å². The molecular formula is C28H32ClN3O5. The molecule has 8 nitrogen and oxygen atoms in total. The number of rotatable bonds is 8. The van der Waals surface area contributed by atoms with Crippen LogP contribution in [0.15, 0.2) is 54.6 Å². The molecule has 5 rings (SSSR count). The fourth-order valence-electron chi connectivity index (χ4n) is 6.56. The van der Waals surface area contributed by atoms with Gasteiger partial charge in [0.1, 0.15) is 11.6 Å². The predicted molar refractivity (Wildman–Crippen MR) is 140 cm³/mol. The quantitative estimate of drug-likeness (QED) is 0.455. The van der Waals surface area contributed by atoms with Gasteiger partial charge < -0.3 is 25.4 Å². The van der Waals surface area contributed by atoms with Crippen molar-refractivity contribution in [3.05, 3.63) is 59.6 Å². The number of carbonyl (C=O) groups excluding carboxylic acids is 3. The zero-order valence-electron chi connectivity index (χ0n) is 20.9. The maximum absolute atomic E-state index is 14.0. The Morgan fingerprint density at radius 2 is 1.70 bits per heavy atom. The van der Waals surface area contributed by atoms with Crippen molar-refractivity contribution in [1.29, 1.82) is 0 Å². The van der Waals surface area contributed by atoms with Crippen LogP contribution in [0.2, 0.25) is 5.02 Å². The van der Waals surface area contributed by atoms with Gasteiger partial charge in [-0.25, -0.2) is 0 Å². The van der Waals surface area contributed by atoms with Crippen molar-refractivity contribution in [3.63, 3.8) is 0 Å². The highest BCUT2D eigenvalue weighted by atomic mass is 35.5. The minimum absolute atomic E-state index is 0.00798. The van der Waals surface area contributed by atoms with Crippen molar-refractivity contribution in [2.75, 3.05) is 23.8 Å². The van der Waals surface area contributed by atoms with E-state index in [0.29, 0.717) is 35.7 Å². The van der Waals surface area contributed by atoms with Crippen molar-refractivity contribution in [2.24, 2.45) is 17.8 Å². The Balaban J connectivity index is 1.51. The number of nitrogens with zero attached hydrogens (tertiary/aromatic N) is 1. The molecule has 0 aromatic heterocycles. The maximum atomic E-state index is 14.0. The minimum Gasteiger partial charge on any atom is -0.396 e. The van der Waals surface area contributed by atoms with E-state index in [2.05, 4.69) is 10.6 Å². The summed E-state index contributed by atoms with van der Waals surface area (Å²) in [7, 11) is 0. The number of likely N-dealkylation sites (tertiary alicyclic amines) is 1. The molecule has 196 valence electrons. The smallest absolute Gasteiger partial charge is 0.250 e. The summed E-state index contributed by atoms with van der Waals surface area (Å²) >= 11 is 6.00. The number of anilines is 2. The van der Waals surface area contributed by atoms with Gasteiger partial charge in [-0.05, 0) is 68.5 Å². The first-order valence-electron chi connectivity index (χ1n) is 12.7. The number of unbranched alkanes of at least 4 members (excludes halogenated alkanes) is 1. The highest BCUT2D eigenvalue weighted by Crippen LogP contribution is 2.65. The molecule has 3 heterocycles. The van der Waals surface area contributed by atoms with E-state index in [9.17, 15) is 19.5 Å². The summed E-state index contributed by atoms with van der Waals surface area (Å²) < 4.78 is 6.70. The Labute approximate surface area is 221 Å². The van der Waals surface area contributed by atoms with Gasteiger partial charge in [0.05, 0.1) is 17.4 Å². The number of hydrogen-bond donors (Lipinski definition) is 3. The molecule has 0 saturated carbocycles. The van der Waals surface area contributed by atoms with E-state index in [-0.39, 0.29) is 36.8 Å². The molecule has 2 aromatic carbocycles. The Morgan fingerprint density at radius 1 is 1.05 bits per heavy atom. The molecule has 1 spiro atoms. The Morgan fingerprint density at radius 3 is 2.38 bits per heavy atom. The van der Waals surface area contributed by atoms with E-state index in [4.69, 9.17) is 16.3 Å². The van der Waals surface area contributed by atoms with Crippen molar-refractivity contribution in [3.8, 4) is 0 Å². The zero-order chi connectivity index (χ0) is 26.4. The monoisotopic (exact) mass is 525 g/mol. The molecule has 3 aliphatic heterocycles. The van der Waals surface area contributed by atoms with Crippen LogP contribution < -0.4 is 10.6 Å². The summed E-state index contributed by atoms with van der Waals surface area (Å²) in [6.07, 6.45) is 1.52. The van der Waals surface area contributed by atoms with Crippen LogP contribution in [0.25, 0.3) is 0 Å². The summed E-state index contributed by atoms with van der Waals surface area (Å²) in [6, 6.07) is 15.0. The number of ether oxygens (including phenoxy) is 1. The SMILES string of the molecule is CC1CC23O[C@@]1(C)[C@H](C(=O)Nc1ccccc1)[C@H]2C(=O)N(CCCCO)C3C(=O)Nc1ccc(Cl)cc1. The largest absolute Gasteiger partial charge is 0.396 e. The van der Waals surface area contributed by atoms with Gasteiger partial charge >= 0.3 is 0 Å². The molecule has 2 bridgehead atoms. The number of nitrogens with one attached hydrogen (secondary N) is 2. The van der Waals surface area contributed by atoms with Gasteiger partial charge in [0.25, 0.3) is 0 Å². The number of aliphatic hydroxyl groups is 1. The van der Waals surface area contributed by atoms with Crippen molar-refractivity contribution >= 4 is 40.7 Å². The number of para-hydroxylation sites is 1. The van der Waals surface area contributed by atoms with Gasteiger partial charge in [-0.2, -0.15) is 0 Å². The number of halogens is 1. The predicted octanol–water partition coefficient (Wildman–Crippen LogP) is 3.70. The van der Waals surface area contributed by atoms with Crippen LogP contribution in [0.3, 0.4) is 0 Å². The molecule has 3 N–H and O–H groups in total. The molecule has 2 aromatic rings. The number of aliphatic hydroxyl groups excluding tert-OH is 1. The van der Waals surface area contributed by atoms with Crippen LogP contribution in [0, 0.1) is 17.8 Å². The molecule has 3 amide bonds. The van der Waals surface area contributed by atoms with E-state index >= 15 is 0 Å². The van der Waals surface area contributed by atoms with Gasteiger partial charge in [-0.3, -0.25) is 14.4 Å². The van der Waals surface area contributed by atoms with Crippen LogP contribution in [0.5, 0.6) is 0 Å². The molecule has 3 unspecified atom stereocenters. The third kappa shape index (κ3) is 4.21. The van der Waals surface area contributed by atoms with Gasteiger partial charge in [0.2, 0.25) is 17.7 Å². The average molecular weight is 526 g/mol. The summed E-state index contributed by atoms with van der Waals surface area (Å²) in [6.45, 7) is 4.18. The lowest BCUT2D eigenvalue weighted by molar-refractivity contribution is -0.144. The van der Waals surface area contributed by atoms with Crippen LogP contribution in [-0.4, -0.2) is 58.1 Å². The molecular weight excluding hydrogens is 494 g/mol. The second-order valence-electron chi connectivity index (χ2n) is 10.5. The normalized spacial score (nSPS) is 31.9. The highest BCUT2D eigenvalue weighted by molar-refractivity contribution is 6.30. The lowest BCUT2D eigenvalue weighted by Gasteiger charge is -2.36. The first-order chi connectivity index (χ1) is 17.7. The zero-order valence-corrected chi connectivity index (χ0v) is 21.7. The van der Waals surface area contributed by atoms with E-state index < -0.39 is 29.1 Å². The fourth-order valence-corrected chi connectivity index (χ4v) is 6.68. The summed E-state index contributed by atoms with van der Waals surface area (Å²) in [4.78, 5) is 43.1. The van der Waals surface area contributed by atoms with E-state index in [1.165, 1.54) is 0 Å². The topological polar surface area (TPSA) is 108 Å². The number of carbonyl (C=O) groups is 3. The Bertz CT molecular complexity index is 1190. The number of hydrogen-bond acceptors (Lipinski definition) is 5. The second kappa shape index (κ2) is 9.74. The lowest BCUT2D eigenvalue weighted by Crippen LogP contribution is -2.54. The Kier molecular flexibility index (Phi) is 6.77. The first-order valence-corrected chi connectivity index (χ1v) is 13.1. The number of benzene rings is 2. The van der Waals surface area contributed by atoms with E-state index in [1.54, 1.807) is 41.3 Å². The Hall–Kier alpha value is -2.94. The summed E-state index contributed by atoms with van der Waals surface area (Å²) in [5, 5.41) is 15.8. The third-order valence-corrected chi connectivity index (χ3v) is 8.56. The van der Waals surface area contributed by atoms with Gasteiger partial charge in [0, 0.05) is 29.5 Å².